The lowest BCUT2D eigenvalue weighted by Gasteiger charge is -2.29. The maximum absolute atomic E-state index is 14.2. The van der Waals surface area contributed by atoms with E-state index >= 15 is 0 Å². The van der Waals surface area contributed by atoms with Crippen molar-refractivity contribution in [2.45, 2.75) is 228 Å². The number of amides is 7. The molecule has 406 valence electrons. The topological polar surface area (TPSA) is 305 Å². The summed E-state index contributed by atoms with van der Waals surface area (Å²) in [6, 6.07) is -9.64. The van der Waals surface area contributed by atoms with Gasteiger partial charge in [-0.2, -0.15) is 0 Å². The van der Waals surface area contributed by atoms with Crippen LogP contribution in [0.25, 0.3) is 0 Å². The SMILES string of the molecule is CC[C@H](C)CCCCCC[C@@H]1CC(=O)N[C@@H](CCC(=O)O)C(=O)N[C@@H](CC(C)C)C(=O)N[C@@H](CC(C)C)C(=O)N[C@@H](C(C)C)C(=O)N[C@@H](CC(=O)O)C(=O)N[C@@H](CC(C)C)C(=O)N[C@@H](CC(C)C)C(=O)O1. The van der Waals surface area contributed by atoms with Crippen LogP contribution in [0.2, 0.25) is 0 Å². The monoisotopic (exact) mass is 1010 g/mol. The maximum Gasteiger partial charge on any atom is 0.328 e. The number of unbranched alkanes of at least 4 members (excludes halogenated alkanes) is 3. The molecule has 20 heteroatoms. The van der Waals surface area contributed by atoms with Crippen LogP contribution >= 0.6 is 0 Å². The molecule has 71 heavy (non-hydrogen) atoms. The molecule has 1 heterocycles. The van der Waals surface area contributed by atoms with Crippen molar-refractivity contribution < 1.29 is 62.9 Å². The van der Waals surface area contributed by atoms with E-state index in [-0.39, 0.29) is 62.2 Å². The van der Waals surface area contributed by atoms with Crippen LogP contribution in [-0.4, -0.2) is 118 Å². The molecule has 1 saturated heterocycles. The first-order chi connectivity index (χ1) is 33.1. The number of nitrogens with one attached hydrogen (secondary N) is 7. The van der Waals surface area contributed by atoms with Gasteiger partial charge in [0.15, 0.2) is 0 Å². The smallest absolute Gasteiger partial charge is 0.328 e. The Morgan fingerprint density at radius 1 is 0.507 bits per heavy atom. The van der Waals surface area contributed by atoms with E-state index in [1.807, 2.05) is 13.8 Å². The lowest BCUT2D eigenvalue weighted by molar-refractivity contribution is -0.155. The predicted molar refractivity (Wildman–Crippen MR) is 267 cm³/mol. The summed E-state index contributed by atoms with van der Waals surface area (Å²) < 4.78 is 6.02. The number of carbonyl (C=O) groups is 10. The fraction of sp³-hybridized carbons (Fsp3) is 0.804. The molecule has 1 aliphatic rings. The third-order valence-electron chi connectivity index (χ3n) is 12.3. The van der Waals surface area contributed by atoms with Crippen molar-refractivity contribution in [1.82, 2.24) is 37.2 Å². The number of aliphatic carboxylic acids is 2. The maximum atomic E-state index is 14.2. The second-order valence-electron chi connectivity index (χ2n) is 21.5. The van der Waals surface area contributed by atoms with Gasteiger partial charge in [0.25, 0.3) is 0 Å². The molecule has 0 unspecified atom stereocenters. The van der Waals surface area contributed by atoms with Crippen LogP contribution in [-0.2, 0) is 52.7 Å². The molecule has 1 aliphatic heterocycles. The van der Waals surface area contributed by atoms with Gasteiger partial charge in [-0.05, 0) is 80.5 Å². The molecular formula is C51H89N7O13. The van der Waals surface area contributed by atoms with Crippen molar-refractivity contribution in [2.24, 2.45) is 35.5 Å². The second-order valence-corrected chi connectivity index (χ2v) is 21.5. The Hall–Kier alpha value is -5.30. The number of carboxylic acids is 2. The van der Waals surface area contributed by atoms with Crippen molar-refractivity contribution in [1.29, 1.82) is 0 Å². The first-order valence-corrected chi connectivity index (χ1v) is 25.9. The number of carboxylic acid groups (broad SMARTS) is 2. The highest BCUT2D eigenvalue weighted by Crippen LogP contribution is 2.19. The molecule has 1 rings (SSSR count). The molecule has 0 bridgehead atoms. The molecule has 0 aromatic heterocycles. The zero-order valence-electron chi connectivity index (χ0n) is 44.6. The Bertz CT molecular complexity index is 1770. The van der Waals surface area contributed by atoms with Crippen LogP contribution in [0, 0.1) is 35.5 Å². The van der Waals surface area contributed by atoms with Gasteiger partial charge in [0, 0.05) is 6.42 Å². The number of rotatable bonds is 22. The molecule has 7 amide bonds. The summed E-state index contributed by atoms with van der Waals surface area (Å²) >= 11 is 0. The molecule has 0 aromatic rings. The summed E-state index contributed by atoms with van der Waals surface area (Å²) in [5.41, 5.74) is 0. The number of esters is 1. The summed E-state index contributed by atoms with van der Waals surface area (Å²) in [5.74, 6) is -10.2. The van der Waals surface area contributed by atoms with Crippen LogP contribution in [0.5, 0.6) is 0 Å². The van der Waals surface area contributed by atoms with E-state index in [1.165, 1.54) is 0 Å². The Morgan fingerprint density at radius 2 is 0.930 bits per heavy atom. The van der Waals surface area contributed by atoms with Crippen molar-refractivity contribution in [3.63, 3.8) is 0 Å². The molecule has 0 aromatic carbocycles. The molecule has 0 spiro atoms. The molecule has 9 atom stereocenters. The fourth-order valence-corrected chi connectivity index (χ4v) is 8.19. The van der Waals surface area contributed by atoms with Crippen LogP contribution in [0.3, 0.4) is 0 Å². The summed E-state index contributed by atoms with van der Waals surface area (Å²) in [4.78, 5) is 136. The quantitative estimate of drug-likeness (QED) is 0.0542. The Balaban J connectivity index is 4.01. The number of hydrogen-bond donors (Lipinski definition) is 9. The highest BCUT2D eigenvalue weighted by molar-refractivity contribution is 5.98. The number of hydrogen-bond acceptors (Lipinski definition) is 11. The number of cyclic esters (lactones) is 1. The van der Waals surface area contributed by atoms with Crippen LogP contribution in [0.1, 0.15) is 179 Å². The lowest BCUT2D eigenvalue weighted by Crippen LogP contribution is -2.61. The van der Waals surface area contributed by atoms with Crippen molar-refractivity contribution in [2.75, 3.05) is 0 Å². The molecule has 20 nitrogen and oxygen atoms in total. The molecule has 0 saturated carbocycles. The first-order valence-electron chi connectivity index (χ1n) is 25.9. The Kier molecular flexibility index (Phi) is 29.3. The zero-order chi connectivity index (χ0) is 54.1. The zero-order valence-corrected chi connectivity index (χ0v) is 44.6. The van der Waals surface area contributed by atoms with Crippen molar-refractivity contribution in [3.05, 3.63) is 0 Å². The second kappa shape index (κ2) is 32.6. The summed E-state index contributed by atoms with van der Waals surface area (Å²) in [5, 5.41) is 37.8. The van der Waals surface area contributed by atoms with E-state index in [0.717, 1.165) is 32.1 Å². The fourth-order valence-electron chi connectivity index (χ4n) is 8.19. The Morgan fingerprint density at radius 3 is 1.38 bits per heavy atom. The van der Waals surface area contributed by atoms with E-state index in [0.29, 0.717) is 12.3 Å². The van der Waals surface area contributed by atoms with Gasteiger partial charge in [0.2, 0.25) is 41.4 Å². The third kappa shape index (κ3) is 26.1. The molecular weight excluding hydrogens is 919 g/mol. The minimum absolute atomic E-state index is 0.0386. The van der Waals surface area contributed by atoms with Gasteiger partial charge in [-0.15, -0.1) is 0 Å². The number of ether oxygens (including phenoxy) is 1. The highest BCUT2D eigenvalue weighted by atomic mass is 16.5. The van der Waals surface area contributed by atoms with Gasteiger partial charge in [0.1, 0.15) is 48.4 Å². The van der Waals surface area contributed by atoms with E-state index in [1.54, 1.807) is 55.4 Å². The van der Waals surface area contributed by atoms with E-state index in [4.69, 9.17) is 4.74 Å². The third-order valence-corrected chi connectivity index (χ3v) is 12.3. The number of carbonyl (C=O) groups excluding carboxylic acids is 8. The largest absolute Gasteiger partial charge is 0.481 e. The van der Waals surface area contributed by atoms with E-state index in [2.05, 4.69) is 51.1 Å². The summed E-state index contributed by atoms with van der Waals surface area (Å²) in [6.45, 7) is 21.9. The lowest BCUT2D eigenvalue weighted by atomic mass is 9.98. The van der Waals surface area contributed by atoms with E-state index in [9.17, 15) is 58.2 Å². The van der Waals surface area contributed by atoms with Gasteiger partial charge in [-0.1, -0.05) is 115 Å². The van der Waals surface area contributed by atoms with E-state index < -0.39 is 133 Å². The average molecular weight is 1010 g/mol. The van der Waals surface area contributed by atoms with Gasteiger partial charge >= 0.3 is 17.9 Å². The predicted octanol–water partition coefficient (Wildman–Crippen LogP) is 4.26. The molecule has 0 radical (unpaired) electrons. The van der Waals surface area contributed by atoms with Crippen molar-refractivity contribution >= 4 is 59.3 Å². The minimum atomic E-state index is -1.72. The average Bonchev–Trinajstić information content (AvgIpc) is 3.25. The minimum Gasteiger partial charge on any atom is -0.481 e. The van der Waals surface area contributed by atoms with Gasteiger partial charge in [-0.3, -0.25) is 43.2 Å². The summed E-state index contributed by atoms with van der Waals surface area (Å²) in [7, 11) is 0. The molecule has 9 N–H and O–H groups in total. The summed E-state index contributed by atoms with van der Waals surface area (Å²) in [6.07, 6.45) is 2.56. The van der Waals surface area contributed by atoms with Gasteiger partial charge in [-0.25, -0.2) is 4.79 Å². The molecule has 1 fully saturated rings. The van der Waals surface area contributed by atoms with Crippen molar-refractivity contribution in [3.8, 4) is 0 Å². The van der Waals surface area contributed by atoms with Gasteiger partial charge in [0.05, 0.1) is 12.8 Å². The van der Waals surface area contributed by atoms with Crippen LogP contribution < -0.4 is 37.2 Å². The van der Waals surface area contributed by atoms with Gasteiger partial charge < -0.3 is 52.2 Å². The highest BCUT2D eigenvalue weighted by Gasteiger charge is 2.37. The normalized spacial score (nSPS) is 24.7. The molecule has 0 aliphatic carbocycles. The standard InChI is InChI=1S/C51H89N7O13/c1-13-33(12)18-16-14-15-17-19-34-26-41(59)52-35(20-21-42(60)61)45(64)53-36(22-28(2)3)46(65)55-38(24-30(6)7)49(68)58-44(32(10)11)50(69)56-39(27-43(62)63)48(67)54-37(23-29(4)5)47(66)57-40(25-31(8)9)51(70)71-34/h28-40,44H,13-27H2,1-12H3,(H,52,59)(H,53,64)(H,54,67)(H,55,65)(H,56,69)(H,57,66)(H,58,68)(H,60,61)(H,62,63)/t33-,34+,35-,36-,37-,38-,39-,40-,44-/m0/s1. The first kappa shape index (κ1) is 63.7. The van der Waals surface area contributed by atoms with Crippen LogP contribution in [0.4, 0.5) is 0 Å². The van der Waals surface area contributed by atoms with Crippen LogP contribution in [0.15, 0.2) is 0 Å². The Labute approximate surface area is 421 Å².